The molecule has 1 atom stereocenters. The van der Waals surface area contributed by atoms with E-state index in [9.17, 15) is 9.00 Å². The molecule has 2 aromatic carbocycles. The molecule has 1 unspecified atom stereocenters. The van der Waals surface area contributed by atoms with Crippen molar-refractivity contribution in [3.63, 3.8) is 0 Å². The third kappa shape index (κ3) is 5.87. The van der Waals surface area contributed by atoms with Gasteiger partial charge in [-0.3, -0.25) is 4.21 Å². The number of hydrogen-bond acceptors (Lipinski definition) is 3. The van der Waals surface area contributed by atoms with Crippen LogP contribution in [0.4, 0.5) is 0 Å². The molecule has 0 heterocycles. The van der Waals surface area contributed by atoms with Crippen LogP contribution in [0.2, 0.25) is 0 Å². The average molecular weight is 332 g/mol. The third-order valence-electron chi connectivity index (χ3n) is 3.28. The van der Waals surface area contributed by atoms with Crippen LogP contribution in [0.15, 0.2) is 48.5 Å². The van der Waals surface area contributed by atoms with Crippen molar-refractivity contribution < 1.29 is 18.8 Å². The van der Waals surface area contributed by atoms with E-state index in [0.29, 0.717) is 24.5 Å². The summed E-state index contributed by atoms with van der Waals surface area (Å²) in [4.78, 5) is 10.9. The summed E-state index contributed by atoms with van der Waals surface area (Å²) in [6, 6.07) is 14.4. The molecule has 0 aromatic heterocycles. The van der Waals surface area contributed by atoms with Crippen LogP contribution >= 0.6 is 0 Å². The number of carboxylic acid groups (broad SMARTS) is 1. The molecule has 23 heavy (non-hydrogen) atoms. The lowest BCUT2D eigenvalue weighted by atomic mass is 10.1. The first-order chi connectivity index (χ1) is 11.0. The molecule has 0 aliphatic heterocycles. The Hall–Kier alpha value is -2.14. The van der Waals surface area contributed by atoms with E-state index in [-0.39, 0.29) is 5.56 Å². The number of hydrogen-bond donors (Lipinski definition) is 1. The molecule has 0 fully saturated rings. The largest absolute Gasteiger partial charge is 0.494 e. The highest BCUT2D eigenvalue weighted by Crippen LogP contribution is 2.13. The molecule has 5 heteroatoms. The number of carboxylic acids is 1. The van der Waals surface area contributed by atoms with Gasteiger partial charge in [-0.15, -0.1) is 0 Å². The molecule has 0 amide bonds. The fraction of sp³-hybridized carbons (Fsp3) is 0.278. The predicted molar refractivity (Wildman–Crippen MR) is 91.4 cm³/mol. The van der Waals surface area contributed by atoms with E-state index in [4.69, 9.17) is 9.84 Å². The molecule has 0 saturated carbocycles. The lowest BCUT2D eigenvalue weighted by Gasteiger charge is -2.07. The molecule has 0 aliphatic carbocycles. The van der Waals surface area contributed by atoms with Crippen molar-refractivity contribution >= 4 is 16.8 Å². The highest BCUT2D eigenvalue weighted by atomic mass is 32.2. The Morgan fingerprint density at radius 2 is 1.96 bits per heavy atom. The first-order valence-electron chi connectivity index (χ1n) is 7.41. The number of aromatic carboxylic acids is 1. The summed E-state index contributed by atoms with van der Waals surface area (Å²) in [5, 5.41) is 8.95. The Labute approximate surface area is 138 Å². The molecule has 122 valence electrons. The predicted octanol–water partition coefficient (Wildman–Crippen LogP) is 3.41. The Balaban J connectivity index is 1.75. The lowest BCUT2D eigenvalue weighted by Crippen LogP contribution is -2.07. The second kappa shape index (κ2) is 8.48. The van der Waals surface area contributed by atoms with E-state index >= 15 is 0 Å². The van der Waals surface area contributed by atoms with Gasteiger partial charge in [-0.05, 0) is 48.7 Å². The minimum absolute atomic E-state index is 0.224. The maximum absolute atomic E-state index is 12.1. The average Bonchev–Trinajstić information content (AvgIpc) is 2.52. The molecular weight excluding hydrogens is 312 g/mol. The van der Waals surface area contributed by atoms with Gasteiger partial charge in [-0.1, -0.05) is 24.3 Å². The quantitative estimate of drug-likeness (QED) is 0.753. The summed E-state index contributed by atoms with van der Waals surface area (Å²) in [5.74, 6) is 0.753. The minimum atomic E-state index is -1.03. The second-order valence-corrected chi connectivity index (χ2v) is 6.89. The number of aryl methyl sites for hydroxylation is 1. The molecule has 2 aromatic rings. The zero-order chi connectivity index (χ0) is 16.7. The van der Waals surface area contributed by atoms with Crippen LogP contribution in [0.3, 0.4) is 0 Å². The van der Waals surface area contributed by atoms with Crippen LogP contribution in [-0.4, -0.2) is 27.6 Å². The van der Waals surface area contributed by atoms with E-state index in [1.807, 2.05) is 31.2 Å². The second-order valence-electron chi connectivity index (χ2n) is 5.31. The van der Waals surface area contributed by atoms with Gasteiger partial charge in [0.15, 0.2) is 0 Å². The van der Waals surface area contributed by atoms with Crippen molar-refractivity contribution in [3.05, 3.63) is 65.2 Å². The van der Waals surface area contributed by atoms with E-state index in [2.05, 4.69) is 0 Å². The maximum Gasteiger partial charge on any atom is 0.335 e. The first kappa shape index (κ1) is 17.2. The molecule has 0 radical (unpaired) electrons. The lowest BCUT2D eigenvalue weighted by molar-refractivity contribution is 0.0696. The summed E-state index contributed by atoms with van der Waals surface area (Å²) in [6.07, 6.45) is 0.694. The highest BCUT2D eigenvalue weighted by Gasteiger charge is 2.06. The van der Waals surface area contributed by atoms with Crippen molar-refractivity contribution in [2.24, 2.45) is 0 Å². The van der Waals surface area contributed by atoms with Crippen LogP contribution in [0.1, 0.15) is 27.9 Å². The number of carbonyl (C=O) groups is 1. The standard InChI is InChI=1S/C18H20O4S/c1-14-5-2-8-17(11-14)22-9-4-10-23(21)13-15-6-3-7-16(12-15)18(19)20/h2-3,5-8,11-12H,4,9-10,13H2,1H3,(H,19,20). The Kier molecular flexibility index (Phi) is 6.35. The summed E-state index contributed by atoms with van der Waals surface area (Å²) >= 11 is 0. The fourth-order valence-electron chi connectivity index (χ4n) is 2.17. The van der Waals surface area contributed by atoms with Gasteiger partial charge >= 0.3 is 5.97 Å². The van der Waals surface area contributed by atoms with Crippen LogP contribution in [0.25, 0.3) is 0 Å². The zero-order valence-electron chi connectivity index (χ0n) is 13.0. The Morgan fingerprint density at radius 1 is 1.17 bits per heavy atom. The first-order valence-corrected chi connectivity index (χ1v) is 8.90. The smallest absolute Gasteiger partial charge is 0.335 e. The minimum Gasteiger partial charge on any atom is -0.494 e. The van der Waals surface area contributed by atoms with Crippen LogP contribution in [0.5, 0.6) is 5.75 Å². The van der Waals surface area contributed by atoms with Crippen LogP contribution < -0.4 is 4.74 Å². The highest BCUT2D eigenvalue weighted by molar-refractivity contribution is 7.84. The van der Waals surface area contributed by atoms with E-state index < -0.39 is 16.8 Å². The van der Waals surface area contributed by atoms with Gasteiger partial charge in [0.05, 0.1) is 12.2 Å². The molecule has 1 N–H and O–H groups in total. The zero-order valence-corrected chi connectivity index (χ0v) is 13.8. The Bertz CT molecular complexity index is 697. The van der Waals surface area contributed by atoms with Crippen molar-refractivity contribution in [2.75, 3.05) is 12.4 Å². The molecule has 0 saturated heterocycles. The molecule has 2 rings (SSSR count). The van der Waals surface area contributed by atoms with Crippen LogP contribution in [-0.2, 0) is 16.6 Å². The monoisotopic (exact) mass is 332 g/mol. The molecule has 4 nitrogen and oxygen atoms in total. The third-order valence-corrected chi connectivity index (χ3v) is 4.68. The number of benzene rings is 2. The molecule has 0 bridgehead atoms. The molecule has 0 aliphatic rings. The summed E-state index contributed by atoms with van der Waals surface area (Å²) < 4.78 is 17.7. The van der Waals surface area contributed by atoms with Crippen molar-refractivity contribution in [1.82, 2.24) is 0 Å². The molecular formula is C18H20O4S. The normalized spacial score (nSPS) is 11.9. The maximum atomic E-state index is 12.1. The van der Waals surface area contributed by atoms with Gasteiger partial charge in [0.1, 0.15) is 5.75 Å². The SMILES string of the molecule is Cc1cccc(OCCCS(=O)Cc2cccc(C(=O)O)c2)c1. The summed E-state index contributed by atoms with van der Waals surface area (Å²) in [7, 11) is -1.03. The molecule has 0 spiro atoms. The van der Waals surface area contributed by atoms with Crippen molar-refractivity contribution in [2.45, 2.75) is 19.1 Å². The van der Waals surface area contributed by atoms with Crippen molar-refractivity contribution in [1.29, 1.82) is 0 Å². The van der Waals surface area contributed by atoms with E-state index in [1.54, 1.807) is 18.2 Å². The van der Waals surface area contributed by atoms with Crippen LogP contribution in [0, 0.1) is 6.92 Å². The number of rotatable bonds is 8. The van der Waals surface area contributed by atoms with Gasteiger partial charge in [-0.25, -0.2) is 4.79 Å². The van der Waals surface area contributed by atoms with Gasteiger partial charge in [0, 0.05) is 22.3 Å². The number of ether oxygens (including phenoxy) is 1. The van der Waals surface area contributed by atoms with Gasteiger partial charge in [-0.2, -0.15) is 0 Å². The van der Waals surface area contributed by atoms with E-state index in [0.717, 1.165) is 16.9 Å². The Morgan fingerprint density at radius 3 is 2.70 bits per heavy atom. The van der Waals surface area contributed by atoms with Gasteiger partial charge < -0.3 is 9.84 Å². The van der Waals surface area contributed by atoms with Crippen molar-refractivity contribution in [3.8, 4) is 5.75 Å². The van der Waals surface area contributed by atoms with Gasteiger partial charge in [0.2, 0.25) is 0 Å². The topological polar surface area (TPSA) is 63.6 Å². The van der Waals surface area contributed by atoms with E-state index in [1.165, 1.54) is 6.07 Å². The summed E-state index contributed by atoms with van der Waals surface area (Å²) in [5.41, 5.74) is 2.15. The van der Waals surface area contributed by atoms with Gasteiger partial charge in [0.25, 0.3) is 0 Å². The summed E-state index contributed by atoms with van der Waals surface area (Å²) in [6.45, 7) is 2.53. The fourth-order valence-corrected chi connectivity index (χ4v) is 3.30.